The minimum Gasteiger partial charge on any atom is -0.446 e. The largest absolute Gasteiger partial charge is 0.446 e. The van der Waals surface area contributed by atoms with Gasteiger partial charge in [-0.25, -0.2) is 0 Å². The normalized spacial score (nSPS) is 11.2. The number of nitrogens with one attached hydrogen (secondary N) is 1. The van der Waals surface area contributed by atoms with Gasteiger partial charge in [0.1, 0.15) is 5.52 Å². The molecule has 2 rings (SSSR count). The molecule has 0 fully saturated rings. The third-order valence-electron chi connectivity index (χ3n) is 2.96. The van der Waals surface area contributed by atoms with Gasteiger partial charge < -0.3 is 18.6 Å². The van der Waals surface area contributed by atoms with E-state index in [9.17, 15) is 9.59 Å². The monoisotopic (exact) mass is 311 g/mol. The van der Waals surface area contributed by atoms with Crippen molar-refractivity contribution in [1.29, 1.82) is 0 Å². The summed E-state index contributed by atoms with van der Waals surface area (Å²) in [6.07, 6.45) is 1.81. The van der Waals surface area contributed by atoms with Crippen molar-refractivity contribution in [3.63, 3.8) is 0 Å². The third-order valence-corrected chi connectivity index (χ3v) is 3.28. The van der Waals surface area contributed by atoms with Crippen LogP contribution in [0.25, 0.3) is 11.0 Å². The fraction of sp³-hybridized carbons (Fsp3) is 0.462. The Hall–Kier alpha value is -1.93. The molecule has 0 radical (unpaired) electrons. The van der Waals surface area contributed by atoms with E-state index in [4.69, 9.17) is 21.7 Å². The maximum atomic E-state index is 12.0. The van der Waals surface area contributed by atoms with Gasteiger partial charge in [-0.15, -0.1) is 0 Å². The van der Waals surface area contributed by atoms with Gasteiger partial charge in [0.25, 0.3) is 12.0 Å². The fourth-order valence-electron chi connectivity index (χ4n) is 2.08. The zero-order valence-electron chi connectivity index (χ0n) is 11.9. The van der Waals surface area contributed by atoms with Crippen LogP contribution in [0.3, 0.4) is 0 Å². The molecule has 0 bridgehead atoms. The molecule has 2 aromatic heterocycles. The molecule has 114 valence electrons. The van der Waals surface area contributed by atoms with Gasteiger partial charge in [-0.05, 0) is 32.1 Å². The second-order valence-corrected chi connectivity index (χ2v) is 5.13. The van der Waals surface area contributed by atoms with Crippen LogP contribution < -0.4 is 5.56 Å². The first-order valence-electron chi connectivity index (χ1n) is 6.53. The average molecular weight is 311 g/mol. The predicted molar refractivity (Wildman–Crippen MR) is 79.6 cm³/mol. The van der Waals surface area contributed by atoms with Crippen LogP contribution in [0, 0.1) is 4.77 Å². The summed E-state index contributed by atoms with van der Waals surface area (Å²) in [5, 5.41) is 0. The number of carbonyl (C=O) groups excluding carboxylic acids is 1. The number of fused-ring (bicyclic) bond motifs is 1. The Morgan fingerprint density at radius 3 is 2.90 bits per heavy atom. The summed E-state index contributed by atoms with van der Waals surface area (Å²) in [5.41, 5.74) is 0.788. The Bertz CT molecular complexity index is 744. The highest BCUT2D eigenvalue weighted by atomic mass is 32.1. The van der Waals surface area contributed by atoms with Gasteiger partial charge in [-0.2, -0.15) is 0 Å². The molecule has 0 saturated heterocycles. The van der Waals surface area contributed by atoms with E-state index >= 15 is 0 Å². The summed E-state index contributed by atoms with van der Waals surface area (Å²) in [5.74, 6) is 0. The fourth-order valence-corrected chi connectivity index (χ4v) is 2.36. The number of H-pyrrole nitrogens is 1. The molecular formula is C13H17N3O4S. The highest BCUT2D eigenvalue weighted by Crippen LogP contribution is 2.12. The summed E-state index contributed by atoms with van der Waals surface area (Å²) >= 11 is 5.20. The van der Waals surface area contributed by atoms with Crippen LogP contribution >= 0.6 is 12.2 Å². The lowest BCUT2D eigenvalue weighted by molar-refractivity contribution is -0.131. The van der Waals surface area contributed by atoms with Crippen molar-refractivity contribution in [3.05, 3.63) is 27.4 Å². The molecule has 1 N–H and O–H groups in total. The number of hydrogen-bond acceptors (Lipinski definition) is 5. The van der Waals surface area contributed by atoms with E-state index in [-0.39, 0.29) is 18.4 Å². The zero-order chi connectivity index (χ0) is 15.4. The van der Waals surface area contributed by atoms with Gasteiger partial charge in [0.05, 0.1) is 18.2 Å². The summed E-state index contributed by atoms with van der Waals surface area (Å²) in [4.78, 5) is 25.0. The molecule has 0 aliphatic carbocycles. The summed E-state index contributed by atoms with van der Waals surface area (Å²) < 4.78 is 13.9. The van der Waals surface area contributed by atoms with Crippen molar-refractivity contribution in [3.8, 4) is 0 Å². The lowest BCUT2D eigenvalue weighted by Crippen LogP contribution is -2.19. The lowest BCUT2D eigenvalue weighted by atomic mass is 10.4. The van der Waals surface area contributed by atoms with E-state index in [2.05, 4.69) is 4.98 Å². The summed E-state index contributed by atoms with van der Waals surface area (Å²) in [6, 6.07) is 1.77. The van der Waals surface area contributed by atoms with Crippen molar-refractivity contribution in [2.24, 2.45) is 0 Å². The quantitative estimate of drug-likeness (QED) is 0.618. The Morgan fingerprint density at radius 1 is 1.48 bits per heavy atom. The Morgan fingerprint density at radius 2 is 2.24 bits per heavy atom. The maximum Gasteiger partial charge on any atom is 0.294 e. The average Bonchev–Trinajstić information content (AvgIpc) is 2.84. The standard InChI is InChI=1S/C13H17N3O4S/c1-9(2)20-6-5-16-10-3-4-15(7-19-8-17)11(10)12(18)14-13(16)21/h3-4,8-9H,5-7H2,1-2H3,(H,14,18,21). The zero-order valence-corrected chi connectivity index (χ0v) is 12.7. The molecule has 0 amide bonds. The molecule has 0 aromatic carbocycles. The summed E-state index contributed by atoms with van der Waals surface area (Å²) in [6.45, 7) is 5.25. The van der Waals surface area contributed by atoms with E-state index in [0.29, 0.717) is 35.4 Å². The van der Waals surface area contributed by atoms with Gasteiger partial charge in [-0.1, -0.05) is 0 Å². The molecule has 0 aliphatic heterocycles. The van der Waals surface area contributed by atoms with Gasteiger partial charge in [0.2, 0.25) is 0 Å². The molecule has 0 unspecified atom stereocenters. The second-order valence-electron chi connectivity index (χ2n) is 4.74. The summed E-state index contributed by atoms with van der Waals surface area (Å²) in [7, 11) is 0. The molecule has 7 nitrogen and oxygen atoms in total. The van der Waals surface area contributed by atoms with Gasteiger partial charge in [0.15, 0.2) is 11.5 Å². The predicted octanol–water partition coefficient (Wildman–Crippen LogP) is 1.42. The Balaban J connectivity index is 2.41. The first-order chi connectivity index (χ1) is 10.0. The molecule has 0 spiro atoms. The number of aromatic amines is 1. The van der Waals surface area contributed by atoms with Gasteiger partial charge in [-0.3, -0.25) is 14.6 Å². The van der Waals surface area contributed by atoms with Crippen molar-refractivity contribution >= 4 is 29.7 Å². The molecule has 0 aliphatic rings. The molecule has 2 aromatic rings. The van der Waals surface area contributed by atoms with Crippen molar-refractivity contribution < 1.29 is 14.3 Å². The van der Waals surface area contributed by atoms with Crippen LogP contribution in [-0.4, -0.2) is 33.3 Å². The number of hydrogen-bond donors (Lipinski definition) is 1. The van der Waals surface area contributed by atoms with E-state index in [1.54, 1.807) is 21.4 Å². The molecule has 0 saturated carbocycles. The molecule has 21 heavy (non-hydrogen) atoms. The van der Waals surface area contributed by atoms with Gasteiger partial charge in [0, 0.05) is 12.7 Å². The van der Waals surface area contributed by atoms with Crippen LogP contribution in [0.2, 0.25) is 0 Å². The highest BCUT2D eigenvalue weighted by Gasteiger charge is 2.10. The number of nitrogens with zero attached hydrogens (tertiary/aromatic N) is 2. The molecule has 2 heterocycles. The lowest BCUT2D eigenvalue weighted by Gasteiger charge is -2.11. The second kappa shape index (κ2) is 6.68. The number of carbonyl (C=O) groups is 1. The van der Waals surface area contributed by atoms with Gasteiger partial charge >= 0.3 is 0 Å². The highest BCUT2D eigenvalue weighted by molar-refractivity contribution is 7.71. The molecular weight excluding hydrogens is 294 g/mol. The Labute approximate surface area is 126 Å². The molecule has 0 atom stereocenters. The van der Waals surface area contributed by atoms with Crippen LogP contribution in [0.1, 0.15) is 13.8 Å². The van der Waals surface area contributed by atoms with Crippen LogP contribution in [0.5, 0.6) is 0 Å². The van der Waals surface area contributed by atoms with Crippen molar-refractivity contribution in [2.45, 2.75) is 33.2 Å². The van der Waals surface area contributed by atoms with E-state index in [0.717, 1.165) is 0 Å². The first kappa shape index (κ1) is 15.5. The minimum atomic E-state index is -0.310. The topological polar surface area (TPSA) is 78.2 Å². The van der Waals surface area contributed by atoms with Crippen molar-refractivity contribution in [2.75, 3.05) is 6.61 Å². The molecule has 8 heteroatoms. The number of aromatic nitrogens is 3. The van der Waals surface area contributed by atoms with Crippen LogP contribution in [0.4, 0.5) is 0 Å². The Kier molecular flexibility index (Phi) is 4.92. The van der Waals surface area contributed by atoms with E-state index in [1.165, 1.54) is 0 Å². The maximum absolute atomic E-state index is 12.0. The van der Waals surface area contributed by atoms with E-state index in [1.807, 2.05) is 13.8 Å². The van der Waals surface area contributed by atoms with Crippen LogP contribution in [-0.2, 0) is 27.5 Å². The minimum absolute atomic E-state index is 0.0185. The number of ether oxygens (including phenoxy) is 2. The van der Waals surface area contributed by atoms with E-state index < -0.39 is 0 Å². The third kappa shape index (κ3) is 3.40. The first-order valence-corrected chi connectivity index (χ1v) is 6.94. The van der Waals surface area contributed by atoms with Crippen LogP contribution in [0.15, 0.2) is 17.1 Å². The number of rotatable bonds is 7. The smallest absolute Gasteiger partial charge is 0.294 e. The van der Waals surface area contributed by atoms with Crippen molar-refractivity contribution in [1.82, 2.24) is 14.1 Å². The SMILES string of the molecule is CC(C)OCCn1c(=S)[nH]c(=O)c2c1ccn2COC=O.